The van der Waals surface area contributed by atoms with Crippen molar-refractivity contribution in [1.29, 1.82) is 5.26 Å². The minimum absolute atomic E-state index is 0.308. The smallest absolute Gasteiger partial charge is 0.129 e. The number of halogens is 1. The van der Waals surface area contributed by atoms with Gasteiger partial charge in [0.05, 0.1) is 11.6 Å². The molecule has 0 saturated carbocycles. The Morgan fingerprint density at radius 2 is 2.05 bits per heavy atom. The van der Waals surface area contributed by atoms with Crippen LogP contribution in [-0.4, -0.2) is 30.6 Å². The zero-order valence-corrected chi connectivity index (χ0v) is 13.3. The fraction of sp³-hybridized carbons (Fsp3) is 0.588. The summed E-state index contributed by atoms with van der Waals surface area (Å²) in [6, 6.07) is 6.94. The van der Waals surface area contributed by atoms with Crippen LogP contribution in [0.15, 0.2) is 18.2 Å². The molecule has 3 nitrogen and oxygen atoms in total. The topological polar surface area (TPSA) is 39.1 Å². The fourth-order valence-corrected chi connectivity index (χ4v) is 2.31. The van der Waals surface area contributed by atoms with Gasteiger partial charge in [0.15, 0.2) is 0 Å². The molecule has 0 amide bonds. The van der Waals surface area contributed by atoms with Gasteiger partial charge in [-0.05, 0) is 51.5 Å². The second-order valence-corrected chi connectivity index (χ2v) is 5.37. The molecular weight excluding hydrogens is 265 g/mol. The van der Waals surface area contributed by atoms with Gasteiger partial charge in [-0.1, -0.05) is 19.9 Å². The van der Waals surface area contributed by atoms with Crippen molar-refractivity contribution in [2.45, 2.75) is 46.2 Å². The van der Waals surface area contributed by atoms with Gasteiger partial charge in [0.2, 0.25) is 0 Å². The summed E-state index contributed by atoms with van der Waals surface area (Å²) in [6.45, 7) is 10.3. The summed E-state index contributed by atoms with van der Waals surface area (Å²) in [6.07, 6.45) is 2.22. The maximum atomic E-state index is 13.7. The lowest BCUT2D eigenvalue weighted by Crippen LogP contribution is -2.29. The lowest BCUT2D eigenvalue weighted by molar-refractivity contribution is 0.290. The first kappa shape index (κ1) is 17.6. The highest BCUT2D eigenvalue weighted by Gasteiger charge is 2.07. The molecule has 21 heavy (non-hydrogen) atoms. The van der Waals surface area contributed by atoms with Crippen molar-refractivity contribution in [3.05, 3.63) is 35.1 Å². The van der Waals surface area contributed by atoms with E-state index in [4.69, 9.17) is 5.26 Å². The molecule has 116 valence electrons. The third kappa shape index (κ3) is 6.24. The Balaban J connectivity index is 2.33. The molecule has 0 aliphatic rings. The van der Waals surface area contributed by atoms with E-state index in [1.165, 1.54) is 6.07 Å². The van der Waals surface area contributed by atoms with Crippen molar-refractivity contribution >= 4 is 0 Å². The molecule has 1 aromatic rings. The molecule has 4 heteroatoms. The zero-order valence-electron chi connectivity index (χ0n) is 13.3. The average Bonchev–Trinajstić information content (AvgIpc) is 2.50. The molecule has 1 unspecified atom stereocenters. The standard InChI is InChI=1S/C17H26FN3/c1-4-21(5-2)10-6-7-14(3)20-13-16-9-8-15(12-19)11-17(16)18/h8-9,11,14,20H,4-7,10,13H2,1-3H3. The van der Waals surface area contributed by atoms with Gasteiger partial charge >= 0.3 is 0 Å². The van der Waals surface area contributed by atoms with E-state index in [1.807, 2.05) is 6.07 Å². The Bertz CT molecular complexity index is 464. The summed E-state index contributed by atoms with van der Waals surface area (Å²) in [7, 11) is 0. The molecule has 0 aliphatic carbocycles. The van der Waals surface area contributed by atoms with Gasteiger partial charge in [-0.25, -0.2) is 4.39 Å². The Hall–Kier alpha value is -1.44. The van der Waals surface area contributed by atoms with Crippen LogP contribution in [0, 0.1) is 17.1 Å². The predicted molar refractivity (Wildman–Crippen MR) is 84.4 cm³/mol. The number of benzene rings is 1. The van der Waals surface area contributed by atoms with Gasteiger partial charge in [0.25, 0.3) is 0 Å². The molecular formula is C17H26FN3. The van der Waals surface area contributed by atoms with Crippen LogP contribution in [-0.2, 0) is 6.54 Å². The number of nitriles is 1. The van der Waals surface area contributed by atoms with Crippen molar-refractivity contribution in [2.75, 3.05) is 19.6 Å². The molecule has 1 N–H and O–H groups in total. The number of hydrogen-bond donors (Lipinski definition) is 1. The maximum absolute atomic E-state index is 13.7. The highest BCUT2D eigenvalue weighted by Crippen LogP contribution is 2.10. The molecule has 0 bridgehead atoms. The Morgan fingerprint density at radius 1 is 1.33 bits per heavy atom. The summed E-state index contributed by atoms with van der Waals surface area (Å²) >= 11 is 0. The van der Waals surface area contributed by atoms with Gasteiger partial charge in [0.1, 0.15) is 5.82 Å². The normalized spacial score (nSPS) is 12.4. The quantitative estimate of drug-likeness (QED) is 0.759. The number of hydrogen-bond acceptors (Lipinski definition) is 3. The fourth-order valence-electron chi connectivity index (χ4n) is 2.31. The molecule has 1 rings (SSSR count). The molecule has 0 fully saturated rings. The van der Waals surface area contributed by atoms with Gasteiger partial charge in [-0.15, -0.1) is 0 Å². The van der Waals surface area contributed by atoms with Gasteiger partial charge in [-0.3, -0.25) is 0 Å². The van der Waals surface area contributed by atoms with Crippen LogP contribution in [0.3, 0.4) is 0 Å². The summed E-state index contributed by atoms with van der Waals surface area (Å²) in [5.74, 6) is -0.308. The van der Waals surface area contributed by atoms with E-state index in [2.05, 4.69) is 31.0 Å². The molecule has 0 saturated heterocycles. The van der Waals surface area contributed by atoms with Crippen LogP contribution in [0.5, 0.6) is 0 Å². The average molecular weight is 291 g/mol. The van der Waals surface area contributed by atoms with Crippen LogP contribution in [0.1, 0.15) is 44.7 Å². The summed E-state index contributed by atoms with van der Waals surface area (Å²) < 4.78 is 13.7. The van der Waals surface area contributed by atoms with Crippen molar-refractivity contribution < 1.29 is 4.39 Å². The minimum atomic E-state index is -0.308. The van der Waals surface area contributed by atoms with E-state index in [0.717, 1.165) is 32.5 Å². The lowest BCUT2D eigenvalue weighted by Gasteiger charge is -2.20. The molecule has 0 spiro atoms. The van der Waals surface area contributed by atoms with Gasteiger partial charge in [-0.2, -0.15) is 5.26 Å². The molecule has 0 radical (unpaired) electrons. The van der Waals surface area contributed by atoms with Crippen LogP contribution in [0.25, 0.3) is 0 Å². The maximum Gasteiger partial charge on any atom is 0.129 e. The first-order valence-electron chi connectivity index (χ1n) is 7.74. The molecule has 0 heterocycles. The largest absolute Gasteiger partial charge is 0.310 e. The van der Waals surface area contributed by atoms with Crippen molar-refractivity contribution in [3.8, 4) is 6.07 Å². The second-order valence-electron chi connectivity index (χ2n) is 5.37. The van der Waals surface area contributed by atoms with E-state index >= 15 is 0 Å². The monoisotopic (exact) mass is 291 g/mol. The van der Waals surface area contributed by atoms with Crippen LogP contribution >= 0.6 is 0 Å². The van der Waals surface area contributed by atoms with Crippen LogP contribution in [0.4, 0.5) is 4.39 Å². The Kier molecular flexibility index (Phi) is 7.96. The zero-order chi connectivity index (χ0) is 15.7. The first-order chi connectivity index (χ1) is 10.1. The molecule has 1 aromatic carbocycles. The van der Waals surface area contributed by atoms with Crippen molar-refractivity contribution in [3.63, 3.8) is 0 Å². The third-order valence-corrected chi connectivity index (χ3v) is 3.83. The van der Waals surface area contributed by atoms with E-state index in [1.54, 1.807) is 12.1 Å². The summed E-state index contributed by atoms with van der Waals surface area (Å²) in [5, 5.41) is 12.1. The van der Waals surface area contributed by atoms with Crippen molar-refractivity contribution in [1.82, 2.24) is 10.2 Å². The van der Waals surface area contributed by atoms with E-state index in [9.17, 15) is 4.39 Å². The van der Waals surface area contributed by atoms with Crippen LogP contribution < -0.4 is 5.32 Å². The number of nitrogens with one attached hydrogen (secondary N) is 1. The highest BCUT2D eigenvalue weighted by molar-refractivity contribution is 5.32. The SMILES string of the molecule is CCN(CC)CCCC(C)NCc1ccc(C#N)cc1F. The van der Waals surface area contributed by atoms with Crippen molar-refractivity contribution in [2.24, 2.45) is 0 Å². The van der Waals surface area contributed by atoms with E-state index in [0.29, 0.717) is 23.7 Å². The lowest BCUT2D eigenvalue weighted by atomic mass is 10.1. The summed E-state index contributed by atoms with van der Waals surface area (Å²) in [5.41, 5.74) is 0.980. The molecule has 0 aliphatic heterocycles. The minimum Gasteiger partial charge on any atom is -0.310 e. The number of rotatable bonds is 9. The number of nitrogens with zero attached hydrogens (tertiary/aromatic N) is 2. The van der Waals surface area contributed by atoms with E-state index < -0.39 is 0 Å². The van der Waals surface area contributed by atoms with Gasteiger partial charge in [0, 0.05) is 18.2 Å². The second kappa shape index (κ2) is 9.49. The first-order valence-corrected chi connectivity index (χ1v) is 7.74. The van der Waals surface area contributed by atoms with Gasteiger partial charge < -0.3 is 10.2 Å². The highest BCUT2D eigenvalue weighted by atomic mass is 19.1. The third-order valence-electron chi connectivity index (χ3n) is 3.83. The Morgan fingerprint density at radius 3 is 2.62 bits per heavy atom. The summed E-state index contributed by atoms with van der Waals surface area (Å²) in [4.78, 5) is 2.41. The Labute approximate surface area is 127 Å². The predicted octanol–water partition coefficient (Wildman–Crippen LogP) is 3.30. The molecule has 0 aromatic heterocycles. The molecule has 1 atom stereocenters. The van der Waals surface area contributed by atoms with E-state index in [-0.39, 0.29) is 5.82 Å². The van der Waals surface area contributed by atoms with Crippen LogP contribution in [0.2, 0.25) is 0 Å².